The van der Waals surface area contributed by atoms with Crippen LogP contribution in [0.1, 0.15) is 0 Å². The fourth-order valence-corrected chi connectivity index (χ4v) is 8.83. The van der Waals surface area contributed by atoms with Crippen molar-refractivity contribution in [1.82, 2.24) is 18.9 Å². The van der Waals surface area contributed by atoms with Gasteiger partial charge in [-0.3, -0.25) is 4.57 Å². The molecule has 0 spiro atoms. The molecule has 0 aliphatic rings. The lowest BCUT2D eigenvalue weighted by atomic mass is 9.99. The summed E-state index contributed by atoms with van der Waals surface area (Å²) in [6.07, 6.45) is 0. The lowest BCUT2D eigenvalue weighted by Gasteiger charge is -2.13. The third-order valence-corrected chi connectivity index (χ3v) is 11.0. The van der Waals surface area contributed by atoms with Gasteiger partial charge in [0.1, 0.15) is 5.82 Å². The van der Waals surface area contributed by atoms with Crippen molar-refractivity contribution in [3.05, 3.63) is 170 Å². The van der Waals surface area contributed by atoms with Crippen LogP contribution >= 0.6 is 0 Å². The minimum Gasteiger partial charge on any atom is -0.308 e. The van der Waals surface area contributed by atoms with Crippen LogP contribution in [0, 0.1) is 0 Å². The van der Waals surface area contributed by atoms with Gasteiger partial charge in [-0.25, -0.2) is 9.97 Å². The summed E-state index contributed by atoms with van der Waals surface area (Å²) in [5.41, 5.74) is 10.2. The van der Waals surface area contributed by atoms with Crippen LogP contribution in [0.5, 0.6) is 0 Å². The van der Waals surface area contributed by atoms with Crippen LogP contribution in [0.25, 0.3) is 110 Å². The minimum atomic E-state index is 0.704. The van der Waals surface area contributed by atoms with Crippen molar-refractivity contribution in [2.24, 2.45) is 0 Å². The molecule has 0 unspecified atom stereocenters. The number of hydrogen-bond donors (Lipinski definition) is 0. The summed E-state index contributed by atoms with van der Waals surface area (Å²) in [6, 6.07) is 60.9. The van der Waals surface area contributed by atoms with Gasteiger partial charge in [-0.1, -0.05) is 127 Å². The van der Waals surface area contributed by atoms with Crippen molar-refractivity contribution in [3.8, 4) is 28.3 Å². The van der Waals surface area contributed by atoms with E-state index >= 15 is 0 Å². The molecule has 12 rings (SSSR count). The molecule has 0 atom stereocenters. The van der Waals surface area contributed by atoms with Crippen LogP contribution in [0.15, 0.2) is 170 Å². The van der Waals surface area contributed by atoms with Gasteiger partial charge < -0.3 is 4.40 Å². The highest BCUT2D eigenvalue weighted by Crippen LogP contribution is 2.48. The fourth-order valence-electron chi connectivity index (χ4n) is 8.83. The van der Waals surface area contributed by atoms with Gasteiger partial charge in [-0.15, -0.1) is 0 Å². The Morgan fingerprint density at radius 3 is 1.90 bits per heavy atom. The second-order valence-electron chi connectivity index (χ2n) is 13.8. The lowest BCUT2D eigenvalue weighted by molar-refractivity contribution is 1.08. The smallest absolute Gasteiger partial charge is 0.162 e. The van der Waals surface area contributed by atoms with E-state index in [1.54, 1.807) is 0 Å². The quantitative estimate of drug-likeness (QED) is 0.189. The van der Waals surface area contributed by atoms with Crippen molar-refractivity contribution < 1.29 is 0 Å². The molecule has 4 nitrogen and oxygen atoms in total. The third kappa shape index (κ3) is 3.65. The Morgan fingerprint density at radius 2 is 1.04 bits per heavy atom. The van der Waals surface area contributed by atoms with E-state index in [4.69, 9.17) is 9.97 Å². The Balaban J connectivity index is 1.28. The first-order valence-corrected chi connectivity index (χ1v) is 17.8. The molecule has 4 aromatic heterocycles. The summed E-state index contributed by atoms with van der Waals surface area (Å²) in [5, 5.41) is 11.0. The van der Waals surface area contributed by atoms with Crippen LogP contribution < -0.4 is 0 Å². The molecular weight excluding hydrogens is 633 g/mol. The summed E-state index contributed by atoms with van der Waals surface area (Å²) in [7, 11) is 0. The van der Waals surface area contributed by atoms with Crippen molar-refractivity contribution in [1.29, 1.82) is 0 Å². The van der Waals surface area contributed by atoms with Crippen LogP contribution in [-0.4, -0.2) is 18.9 Å². The molecule has 0 aliphatic heterocycles. The van der Waals surface area contributed by atoms with Crippen LogP contribution in [-0.2, 0) is 0 Å². The number of rotatable bonds is 3. The van der Waals surface area contributed by atoms with Gasteiger partial charge in [0.25, 0.3) is 0 Å². The van der Waals surface area contributed by atoms with E-state index in [9.17, 15) is 0 Å². The number of hydrogen-bond acceptors (Lipinski definition) is 2. The van der Waals surface area contributed by atoms with Gasteiger partial charge >= 0.3 is 0 Å². The first kappa shape index (κ1) is 27.7. The van der Waals surface area contributed by atoms with E-state index in [0.29, 0.717) is 5.82 Å². The van der Waals surface area contributed by atoms with Gasteiger partial charge in [0, 0.05) is 43.3 Å². The third-order valence-electron chi connectivity index (χ3n) is 11.0. The molecule has 0 saturated carbocycles. The van der Waals surface area contributed by atoms with Gasteiger partial charge in [0.15, 0.2) is 5.82 Å². The van der Waals surface area contributed by atoms with Gasteiger partial charge in [-0.2, -0.15) is 0 Å². The zero-order valence-corrected chi connectivity index (χ0v) is 28.0. The zero-order valence-electron chi connectivity index (χ0n) is 28.0. The number of para-hydroxylation sites is 3. The molecule has 0 bridgehead atoms. The second kappa shape index (κ2) is 10.3. The molecule has 0 amide bonds. The molecule has 8 aromatic carbocycles. The van der Waals surface area contributed by atoms with Crippen molar-refractivity contribution in [2.75, 3.05) is 0 Å². The SMILES string of the molecule is c1ccc(-c2cccc(-c3nc(-n4c5ccc6ccccc6c5c5c6c7ccccc7n7c8ccccc8c(cc54)c67)c4ccccc4n3)c2)cc1. The Morgan fingerprint density at radius 1 is 0.365 bits per heavy atom. The van der Waals surface area contributed by atoms with Crippen LogP contribution in [0.3, 0.4) is 0 Å². The van der Waals surface area contributed by atoms with Crippen molar-refractivity contribution in [3.63, 3.8) is 0 Å². The van der Waals surface area contributed by atoms with E-state index in [-0.39, 0.29) is 0 Å². The number of nitrogens with zero attached hydrogens (tertiary/aromatic N) is 4. The molecule has 4 heterocycles. The first-order valence-electron chi connectivity index (χ1n) is 17.8. The predicted octanol–water partition coefficient (Wildman–Crippen LogP) is 12.4. The van der Waals surface area contributed by atoms with E-state index < -0.39 is 0 Å². The number of fused-ring (bicyclic) bond motifs is 13. The Hall–Kier alpha value is -7.04. The molecule has 0 radical (unpaired) electrons. The second-order valence-corrected chi connectivity index (χ2v) is 13.8. The van der Waals surface area contributed by atoms with Crippen molar-refractivity contribution in [2.45, 2.75) is 0 Å². The van der Waals surface area contributed by atoms with Gasteiger partial charge in [-0.05, 0) is 64.4 Å². The predicted molar refractivity (Wildman–Crippen MR) is 217 cm³/mol. The highest BCUT2D eigenvalue weighted by molar-refractivity contribution is 6.38. The van der Waals surface area contributed by atoms with Crippen LogP contribution in [0.4, 0.5) is 0 Å². The summed E-state index contributed by atoms with van der Waals surface area (Å²) in [4.78, 5) is 10.7. The highest BCUT2D eigenvalue weighted by Gasteiger charge is 2.26. The largest absolute Gasteiger partial charge is 0.308 e. The molecule has 12 aromatic rings. The maximum Gasteiger partial charge on any atom is 0.162 e. The summed E-state index contributed by atoms with van der Waals surface area (Å²) < 4.78 is 4.88. The average Bonchev–Trinajstić information content (AvgIpc) is 3.85. The zero-order chi connectivity index (χ0) is 33.9. The summed E-state index contributed by atoms with van der Waals surface area (Å²) in [5.74, 6) is 1.58. The Kier molecular flexibility index (Phi) is 5.47. The number of aromatic nitrogens is 4. The monoisotopic (exact) mass is 660 g/mol. The van der Waals surface area contributed by atoms with E-state index in [2.05, 4.69) is 179 Å². The maximum absolute atomic E-state index is 5.52. The normalized spacial score (nSPS) is 12.2. The van der Waals surface area contributed by atoms with E-state index in [1.165, 1.54) is 65.2 Å². The minimum absolute atomic E-state index is 0.704. The van der Waals surface area contributed by atoms with E-state index in [1.807, 2.05) is 0 Å². The summed E-state index contributed by atoms with van der Waals surface area (Å²) in [6.45, 7) is 0. The Labute approximate surface area is 297 Å². The first-order chi connectivity index (χ1) is 25.8. The molecule has 4 heteroatoms. The molecular formula is C48H28N4. The molecule has 240 valence electrons. The van der Waals surface area contributed by atoms with Gasteiger partial charge in [0.05, 0.1) is 33.1 Å². The fraction of sp³-hybridized carbons (Fsp3) is 0. The molecule has 0 aliphatic carbocycles. The standard InChI is InChI=1S/C48H28N4/c1-2-13-29(14-3-1)31-16-12-17-32(27-31)47-49-38-22-9-6-20-35(38)48(50-47)52-41-26-25-30-15-4-5-18-33(30)43(41)45-42(52)28-37-34-19-7-10-23-39(34)51-40-24-11-8-21-36(40)44(45)46(37)51/h1-28H. The highest BCUT2D eigenvalue weighted by atomic mass is 15.1. The molecule has 0 N–H and O–H groups in total. The maximum atomic E-state index is 5.52. The van der Waals surface area contributed by atoms with Crippen LogP contribution in [0.2, 0.25) is 0 Å². The average molecular weight is 661 g/mol. The summed E-state index contributed by atoms with van der Waals surface area (Å²) >= 11 is 0. The Bertz CT molecular complexity index is 3410. The lowest BCUT2D eigenvalue weighted by Crippen LogP contribution is -2.02. The number of benzene rings is 8. The molecule has 0 fully saturated rings. The van der Waals surface area contributed by atoms with Gasteiger partial charge in [0.2, 0.25) is 0 Å². The van der Waals surface area contributed by atoms with Crippen molar-refractivity contribution >= 4 is 81.6 Å². The molecule has 52 heavy (non-hydrogen) atoms. The topological polar surface area (TPSA) is 35.1 Å². The van der Waals surface area contributed by atoms with E-state index in [0.717, 1.165) is 38.9 Å². The molecule has 0 saturated heterocycles.